The number of aliphatic carboxylic acids is 1. The summed E-state index contributed by atoms with van der Waals surface area (Å²) in [7, 11) is 3.24. The van der Waals surface area contributed by atoms with Gasteiger partial charge >= 0.3 is 12.1 Å². The number of rotatable bonds is 7. The molecular formula is C14H22N2O6. The minimum absolute atomic E-state index is 0.169. The number of nitrogens with one attached hydrogen (secondary N) is 1. The number of carbonyl (C=O) groups is 3. The third kappa shape index (κ3) is 6.57. The van der Waals surface area contributed by atoms with Gasteiger partial charge in [0.1, 0.15) is 12.1 Å². The summed E-state index contributed by atoms with van der Waals surface area (Å²) >= 11 is 0. The van der Waals surface area contributed by atoms with Gasteiger partial charge in [0, 0.05) is 20.5 Å². The zero-order valence-electron chi connectivity index (χ0n) is 12.8. The van der Waals surface area contributed by atoms with Crippen LogP contribution in [0.5, 0.6) is 0 Å². The highest BCUT2D eigenvalue weighted by atomic mass is 16.6. The van der Waals surface area contributed by atoms with E-state index in [0.29, 0.717) is 26.1 Å². The van der Waals surface area contributed by atoms with Gasteiger partial charge in [0.2, 0.25) is 5.91 Å². The summed E-state index contributed by atoms with van der Waals surface area (Å²) in [5.74, 6) is -1.33. The first-order valence-corrected chi connectivity index (χ1v) is 7.05. The van der Waals surface area contributed by atoms with E-state index in [9.17, 15) is 14.4 Å². The van der Waals surface area contributed by atoms with Crippen LogP contribution in [-0.2, 0) is 19.1 Å². The van der Waals surface area contributed by atoms with Crippen molar-refractivity contribution >= 4 is 18.0 Å². The van der Waals surface area contributed by atoms with E-state index >= 15 is 0 Å². The molecule has 2 unspecified atom stereocenters. The van der Waals surface area contributed by atoms with Crippen molar-refractivity contribution in [1.29, 1.82) is 0 Å². The number of amides is 2. The number of carboxylic acids is 1. The molecule has 1 aliphatic heterocycles. The molecule has 22 heavy (non-hydrogen) atoms. The Balaban J connectivity index is 2.36. The number of allylic oxidation sites excluding steroid dienone is 1. The van der Waals surface area contributed by atoms with Gasteiger partial charge in [0.05, 0.1) is 13.2 Å². The van der Waals surface area contributed by atoms with E-state index in [0.717, 1.165) is 0 Å². The quantitative estimate of drug-likeness (QED) is 0.658. The molecule has 2 atom stereocenters. The standard InChI is InChI=1S/C14H22N2O6/c1-16(2)12(17)6-4-3-5-11(13(18)19)15-14(20)22-10-7-8-21-9-10/h4,6,10-11H,3,5,7-9H2,1-2H3,(H,15,20)(H,18,19)/b6-4+. The molecule has 0 aromatic rings. The fraction of sp³-hybridized carbons (Fsp3) is 0.643. The summed E-state index contributed by atoms with van der Waals surface area (Å²) < 4.78 is 10.1. The maximum Gasteiger partial charge on any atom is 0.408 e. The first-order chi connectivity index (χ1) is 10.4. The Morgan fingerprint density at radius 3 is 2.73 bits per heavy atom. The summed E-state index contributed by atoms with van der Waals surface area (Å²) in [6.07, 6.45) is 2.99. The van der Waals surface area contributed by atoms with Crippen molar-refractivity contribution in [2.24, 2.45) is 0 Å². The zero-order chi connectivity index (χ0) is 16.5. The van der Waals surface area contributed by atoms with Gasteiger partial charge in [-0.3, -0.25) is 4.79 Å². The Kier molecular flexibility index (Phi) is 7.38. The third-order valence-corrected chi connectivity index (χ3v) is 3.07. The van der Waals surface area contributed by atoms with Gasteiger partial charge < -0.3 is 24.8 Å². The highest BCUT2D eigenvalue weighted by Crippen LogP contribution is 2.09. The summed E-state index contributed by atoms with van der Waals surface area (Å²) in [5.41, 5.74) is 0. The van der Waals surface area contributed by atoms with Crippen LogP contribution in [0.2, 0.25) is 0 Å². The number of nitrogens with zero attached hydrogens (tertiary/aromatic N) is 1. The van der Waals surface area contributed by atoms with Crippen LogP contribution in [-0.4, -0.2) is 67.4 Å². The van der Waals surface area contributed by atoms with Gasteiger partial charge in [0.15, 0.2) is 0 Å². The Morgan fingerprint density at radius 1 is 1.45 bits per heavy atom. The van der Waals surface area contributed by atoms with Crippen molar-refractivity contribution in [2.75, 3.05) is 27.3 Å². The summed E-state index contributed by atoms with van der Waals surface area (Å²) in [5, 5.41) is 11.4. The molecule has 0 aromatic heterocycles. The lowest BCUT2D eigenvalue weighted by Crippen LogP contribution is -2.42. The fourth-order valence-electron chi connectivity index (χ4n) is 1.79. The van der Waals surface area contributed by atoms with Crippen LogP contribution in [0, 0.1) is 0 Å². The molecule has 124 valence electrons. The van der Waals surface area contributed by atoms with E-state index in [2.05, 4.69) is 5.32 Å². The minimum atomic E-state index is -1.15. The van der Waals surface area contributed by atoms with Crippen LogP contribution < -0.4 is 5.32 Å². The third-order valence-electron chi connectivity index (χ3n) is 3.07. The average Bonchev–Trinajstić information content (AvgIpc) is 2.94. The van der Waals surface area contributed by atoms with Crippen molar-refractivity contribution < 1.29 is 29.0 Å². The first kappa shape index (κ1) is 18.0. The predicted molar refractivity (Wildman–Crippen MR) is 77.3 cm³/mol. The second-order valence-corrected chi connectivity index (χ2v) is 5.14. The van der Waals surface area contributed by atoms with Crippen molar-refractivity contribution in [1.82, 2.24) is 10.2 Å². The van der Waals surface area contributed by atoms with Gasteiger partial charge in [-0.2, -0.15) is 0 Å². The molecule has 8 heteroatoms. The predicted octanol–water partition coefficient (Wildman–Crippen LogP) is 0.379. The Morgan fingerprint density at radius 2 is 2.18 bits per heavy atom. The summed E-state index contributed by atoms with van der Waals surface area (Å²) in [4.78, 5) is 35.4. The van der Waals surface area contributed by atoms with Crippen molar-refractivity contribution in [3.8, 4) is 0 Å². The van der Waals surface area contributed by atoms with E-state index in [-0.39, 0.29) is 18.4 Å². The van der Waals surface area contributed by atoms with Gasteiger partial charge in [-0.1, -0.05) is 6.08 Å². The molecule has 1 saturated heterocycles. The smallest absolute Gasteiger partial charge is 0.408 e. The molecular weight excluding hydrogens is 292 g/mol. The molecule has 1 fully saturated rings. The highest BCUT2D eigenvalue weighted by Gasteiger charge is 2.24. The number of carbonyl (C=O) groups excluding carboxylic acids is 2. The van der Waals surface area contributed by atoms with Gasteiger partial charge in [0.25, 0.3) is 0 Å². The molecule has 0 aliphatic carbocycles. The molecule has 8 nitrogen and oxygen atoms in total. The van der Waals surface area contributed by atoms with E-state index in [4.69, 9.17) is 14.6 Å². The highest BCUT2D eigenvalue weighted by molar-refractivity contribution is 5.87. The molecule has 1 rings (SSSR count). The lowest BCUT2D eigenvalue weighted by atomic mass is 10.1. The molecule has 0 aromatic carbocycles. The van der Waals surface area contributed by atoms with E-state index < -0.39 is 18.1 Å². The van der Waals surface area contributed by atoms with Gasteiger partial charge in [-0.05, 0) is 18.9 Å². The minimum Gasteiger partial charge on any atom is -0.480 e. The van der Waals surface area contributed by atoms with Crippen LogP contribution in [0.1, 0.15) is 19.3 Å². The van der Waals surface area contributed by atoms with Crippen molar-refractivity contribution in [3.63, 3.8) is 0 Å². The summed E-state index contributed by atoms with van der Waals surface area (Å²) in [6.45, 7) is 0.867. The topological polar surface area (TPSA) is 105 Å². The monoisotopic (exact) mass is 314 g/mol. The zero-order valence-corrected chi connectivity index (χ0v) is 12.8. The molecule has 0 bridgehead atoms. The fourth-order valence-corrected chi connectivity index (χ4v) is 1.79. The number of alkyl carbamates (subject to hydrolysis) is 1. The lowest BCUT2D eigenvalue weighted by molar-refractivity contribution is -0.139. The lowest BCUT2D eigenvalue weighted by Gasteiger charge is -2.16. The van der Waals surface area contributed by atoms with Crippen molar-refractivity contribution in [2.45, 2.75) is 31.4 Å². The van der Waals surface area contributed by atoms with Crippen LogP contribution >= 0.6 is 0 Å². The first-order valence-electron chi connectivity index (χ1n) is 7.05. The second-order valence-electron chi connectivity index (χ2n) is 5.14. The van der Waals surface area contributed by atoms with Crippen LogP contribution in [0.15, 0.2) is 12.2 Å². The van der Waals surface area contributed by atoms with Crippen LogP contribution in [0.25, 0.3) is 0 Å². The van der Waals surface area contributed by atoms with Crippen LogP contribution in [0.4, 0.5) is 4.79 Å². The number of hydrogen-bond acceptors (Lipinski definition) is 5. The van der Waals surface area contributed by atoms with Crippen LogP contribution in [0.3, 0.4) is 0 Å². The Labute approximate surface area is 129 Å². The maximum absolute atomic E-state index is 11.6. The van der Waals surface area contributed by atoms with E-state index in [1.165, 1.54) is 11.0 Å². The Bertz CT molecular complexity index is 429. The molecule has 2 amide bonds. The molecule has 0 radical (unpaired) electrons. The Hall–Kier alpha value is -2.09. The molecule has 1 heterocycles. The molecule has 2 N–H and O–H groups in total. The number of carboxylic acid groups (broad SMARTS) is 1. The van der Waals surface area contributed by atoms with Gasteiger partial charge in [-0.25, -0.2) is 9.59 Å². The normalized spacial score (nSPS) is 18.9. The van der Waals surface area contributed by atoms with E-state index in [1.54, 1.807) is 20.2 Å². The largest absolute Gasteiger partial charge is 0.480 e. The number of likely N-dealkylation sites (N-methyl/N-ethyl adjacent to an activating group) is 1. The average molecular weight is 314 g/mol. The number of hydrogen-bond donors (Lipinski definition) is 2. The number of ether oxygens (including phenoxy) is 2. The van der Waals surface area contributed by atoms with Crippen molar-refractivity contribution in [3.05, 3.63) is 12.2 Å². The SMILES string of the molecule is CN(C)C(=O)/C=C/CCC(NC(=O)OC1CCOC1)C(=O)O. The van der Waals surface area contributed by atoms with E-state index in [1.807, 2.05) is 0 Å². The maximum atomic E-state index is 11.6. The second kappa shape index (κ2) is 9.04. The van der Waals surface area contributed by atoms with Gasteiger partial charge in [-0.15, -0.1) is 0 Å². The molecule has 0 saturated carbocycles. The summed E-state index contributed by atoms with van der Waals surface area (Å²) in [6, 6.07) is -1.06. The molecule has 1 aliphatic rings. The molecule has 0 spiro atoms.